The van der Waals surface area contributed by atoms with E-state index in [9.17, 15) is 13.2 Å². The third-order valence-corrected chi connectivity index (χ3v) is 7.39. The first-order valence-electron chi connectivity index (χ1n) is 8.96. The predicted molar refractivity (Wildman–Crippen MR) is 110 cm³/mol. The second-order valence-electron chi connectivity index (χ2n) is 6.33. The Bertz CT molecular complexity index is 918. The molecule has 7 nitrogen and oxygen atoms in total. The number of amides is 1. The van der Waals surface area contributed by atoms with Crippen LogP contribution >= 0.6 is 23.4 Å². The van der Waals surface area contributed by atoms with E-state index in [1.807, 2.05) is 0 Å². The number of carbonyl (C=O) groups is 1. The summed E-state index contributed by atoms with van der Waals surface area (Å²) in [7, 11) is -3.62. The Morgan fingerprint density at radius 2 is 1.82 bits per heavy atom. The van der Waals surface area contributed by atoms with Crippen LogP contribution in [0.1, 0.15) is 25.7 Å². The van der Waals surface area contributed by atoms with Gasteiger partial charge >= 0.3 is 0 Å². The van der Waals surface area contributed by atoms with Crippen LogP contribution in [-0.2, 0) is 14.8 Å². The summed E-state index contributed by atoms with van der Waals surface area (Å²) in [5.74, 6) is -0.229. The van der Waals surface area contributed by atoms with Crippen LogP contribution in [0.5, 0.6) is 0 Å². The first-order chi connectivity index (χ1) is 13.5. The van der Waals surface area contributed by atoms with Gasteiger partial charge in [-0.05, 0) is 37.1 Å². The number of thioether (sulfide) groups is 1. The highest BCUT2D eigenvalue weighted by molar-refractivity contribution is 7.99. The predicted octanol–water partition coefficient (Wildman–Crippen LogP) is 3.43. The summed E-state index contributed by atoms with van der Waals surface area (Å²) in [6.45, 7) is 1.03. The van der Waals surface area contributed by atoms with Crippen LogP contribution in [-0.4, -0.2) is 47.4 Å². The zero-order chi connectivity index (χ0) is 20.0. The molecule has 1 aliphatic heterocycles. The van der Waals surface area contributed by atoms with E-state index in [2.05, 4.69) is 15.3 Å². The van der Waals surface area contributed by atoms with Crippen molar-refractivity contribution in [1.82, 2.24) is 14.3 Å². The molecule has 1 aliphatic rings. The van der Waals surface area contributed by atoms with Crippen molar-refractivity contribution >= 4 is 45.0 Å². The number of sulfonamides is 1. The van der Waals surface area contributed by atoms with Gasteiger partial charge < -0.3 is 5.32 Å². The minimum absolute atomic E-state index is 0.0868. The van der Waals surface area contributed by atoms with Crippen LogP contribution in [0.2, 0.25) is 5.02 Å². The molecule has 0 aliphatic carbocycles. The van der Waals surface area contributed by atoms with Crippen molar-refractivity contribution in [1.29, 1.82) is 0 Å². The highest BCUT2D eigenvalue weighted by Gasteiger charge is 2.26. The van der Waals surface area contributed by atoms with Crippen LogP contribution in [0.3, 0.4) is 0 Å². The van der Waals surface area contributed by atoms with E-state index in [1.54, 1.807) is 18.5 Å². The van der Waals surface area contributed by atoms with Crippen molar-refractivity contribution in [3.05, 3.63) is 41.7 Å². The largest absolute Gasteiger partial charge is 0.324 e. The molecule has 0 bridgehead atoms. The average Bonchev–Trinajstić information content (AvgIpc) is 2.99. The SMILES string of the molecule is O=C(CSc1ncccn1)Nc1cc(S(=O)(=O)N2CCCCCC2)ccc1Cl. The van der Waals surface area contributed by atoms with E-state index >= 15 is 0 Å². The number of nitrogens with zero attached hydrogens (tertiary/aromatic N) is 3. The molecule has 1 aromatic carbocycles. The summed E-state index contributed by atoms with van der Waals surface area (Å²) in [5, 5.41) is 3.45. The maximum atomic E-state index is 12.9. The van der Waals surface area contributed by atoms with Crippen LogP contribution in [0, 0.1) is 0 Å². The van der Waals surface area contributed by atoms with Crippen molar-refractivity contribution < 1.29 is 13.2 Å². The molecule has 1 saturated heterocycles. The Morgan fingerprint density at radius 1 is 1.14 bits per heavy atom. The summed E-state index contributed by atoms with van der Waals surface area (Å²) >= 11 is 7.35. The minimum atomic E-state index is -3.62. The van der Waals surface area contributed by atoms with Crippen LogP contribution in [0.25, 0.3) is 0 Å². The molecule has 1 amide bonds. The first kappa shape index (κ1) is 21.0. The van der Waals surface area contributed by atoms with Crippen LogP contribution < -0.4 is 5.32 Å². The maximum Gasteiger partial charge on any atom is 0.243 e. The number of rotatable bonds is 6. The molecule has 2 aromatic rings. The van der Waals surface area contributed by atoms with E-state index in [-0.39, 0.29) is 27.3 Å². The number of aromatic nitrogens is 2. The third-order valence-electron chi connectivity index (χ3n) is 4.29. The number of halogens is 1. The molecule has 0 atom stereocenters. The van der Waals surface area contributed by atoms with Crippen molar-refractivity contribution in [3.8, 4) is 0 Å². The molecule has 1 aromatic heterocycles. The Labute approximate surface area is 173 Å². The van der Waals surface area contributed by atoms with E-state index < -0.39 is 10.0 Å². The molecule has 3 rings (SSSR count). The highest BCUT2D eigenvalue weighted by Crippen LogP contribution is 2.28. The average molecular weight is 441 g/mol. The number of hydrogen-bond acceptors (Lipinski definition) is 6. The van der Waals surface area contributed by atoms with E-state index in [0.717, 1.165) is 25.7 Å². The van der Waals surface area contributed by atoms with E-state index in [1.165, 1.54) is 34.3 Å². The van der Waals surface area contributed by atoms with Gasteiger partial charge in [-0.25, -0.2) is 18.4 Å². The lowest BCUT2D eigenvalue weighted by atomic mass is 10.2. The number of benzene rings is 1. The lowest BCUT2D eigenvalue weighted by Gasteiger charge is -2.20. The Balaban J connectivity index is 1.71. The topological polar surface area (TPSA) is 92.3 Å². The third kappa shape index (κ3) is 5.44. The van der Waals surface area contributed by atoms with E-state index in [0.29, 0.717) is 18.2 Å². The molecular formula is C18H21ClN4O3S2. The van der Waals surface area contributed by atoms with Gasteiger partial charge in [0.05, 0.1) is 21.4 Å². The lowest BCUT2D eigenvalue weighted by molar-refractivity contribution is -0.113. The molecule has 150 valence electrons. The minimum Gasteiger partial charge on any atom is -0.324 e. The van der Waals surface area contributed by atoms with Crippen molar-refractivity contribution in [3.63, 3.8) is 0 Å². The lowest BCUT2D eigenvalue weighted by Crippen LogP contribution is -2.32. The second kappa shape index (κ2) is 9.69. The fraction of sp³-hybridized carbons (Fsp3) is 0.389. The molecule has 0 saturated carbocycles. The Hall–Kier alpha value is -1.68. The summed E-state index contributed by atoms with van der Waals surface area (Å²) in [4.78, 5) is 20.5. The molecule has 1 N–H and O–H groups in total. The quantitative estimate of drug-likeness (QED) is 0.546. The van der Waals surface area contributed by atoms with Gasteiger partial charge in [0.1, 0.15) is 0 Å². The van der Waals surface area contributed by atoms with Crippen LogP contribution in [0.15, 0.2) is 46.7 Å². The molecule has 0 spiro atoms. The van der Waals surface area contributed by atoms with Crippen molar-refractivity contribution in [2.24, 2.45) is 0 Å². The molecule has 0 unspecified atom stereocenters. The van der Waals surface area contributed by atoms with Gasteiger partial charge in [0.2, 0.25) is 15.9 Å². The van der Waals surface area contributed by atoms with Crippen molar-refractivity contribution in [2.45, 2.75) is 35.7 Å². The second-order valence-corrected chi connectivity index (χ2v) is 9.62. The standard InChI is InChI=1S/C18H21ClN4O3S2/c19-15-7-6-14(28(25,26)23-10-3-1-2-4-11-23)12-16(15)22-17(24)13-27-18-20-8-5-9-21-18/h5-9,12H,1-4,10-11,13H2,(H,22,24). The smallest absolute Gasteiger partial charge is 0.243 e. The van der Waals surface area contributed by atoms with Crippen LogP contribution in [0.4, 0.5) is 5.69 Å². The normalized spacial score (nSPS) is 15.8. The van der Waals surface area contributed by atoms with Gasteiger partial charge in [0.25, 0.3) is 0 Å². The number of nitrogens with one attached hydrogen (secondary N) is 1. The van der Waals surface area contributed by atoms with Crippen molar-refractivity contribution in [2.75, 3.05) is 24.2 Å². The monoisotopic (exact) mass is 440 g/mol. The molecule has 28 heavy (non-hydrogen) atoms. The summed E-state index contributed by atoms with van der Waals surface area (Å²) < 4.78 is 27.4. The zero-order valence-corrected chi connectivity index (χ0v) is 17.6. The molecular weight excluding hydrogens is 420 g/mol. The molecule has 1 fully saturated rings. The summed E-state index contributed by atoms with van der Waals surface area (Å²) in [6, 6.07) is 6.09. The number of anilines is 1. The van der Waals surface area contributed by atoms with Gasteiger partial charge in [0.15, 0.2) is 5.16 Å². The highest BCUT2D eigenvalue weighted by atomic mass is 35.5. The molecule has 0 radical (unpaired) electrons. The Kier molecular flexibility index (Phi) is 7.28. The van der Waals surface area contributed by atoms with Gasteiger partial charge in [-0.3, -0.25) is 4.79 Å². The fourth-order valence-electron chi connectivity index (χ4n) is 2.87. The number of carbonyl (C=O) groups excluding carboxylic acids is 1. The fourth-order valence-corrected chi connectivity index (χ4v) is 5.18. The maximum absolute atomic E-state index is 12.9. The Morgan fingerprint density at radius 3 is 2.50 bits per heavy atom. The molecule has 2 heterocycles. The van der Waals surface area contributed by atoms with Gasteiger partial charge in [-0.2, -0.15) is 4.31 Å². The van der Waals surface area contributed by atoms with Gasteiger partial charge in [0, 0.05) is 25.5 Å². The summed E-state index contributed by atoms with van der Waals surface area (Å²) in [6.07, 6.45) is 6.99. The zero-order valence-electron chi connectivity index (χ0n) is 15.2. The number of hydrogen-bond donors (Lipinski definition) is 1. The van der Waals surface area contributed by atoms with E-state index in [4.69, 9.17) is 11.6 Å². The molecule has 10 heteroatoms. The summed E-state index contributed by atoms with van der Waals surface area (Å²) in [5.41, 5.74) is 0.275. The first-order valence-corrected chi connectivity index (χ1v) is 11.8. The van der Waals surface area contributed by atoms with Gasteiger partial charge in [-0.15, -0.1) is 0 Å². The van der Waals surface area contributed by atoms with Gasteiger partial charge in [-0.1, -0.05) is 36.2 Å².